The molecular weight excluding hydrogens is 345 g/mol. The standard InChI is InChI=1S/C17H30IN/c1-4-6-8-9-10-13-17(3,12-7-5-2)15-11-14-19-16(15)18/h11,14,19H,4-10,12-13H2,1-3H3. The van der Waals surface area contributed by atoms with Crippen LogP contribution in [0.15, 0.2) is 12.3 Å². The minimum atomic E-state index is 0.374. The van der Waals surface area contributed by atoms with Crippen molar-refractivity contribution in [2.24, 2.45) is 0 Å². The molecule has 1 N–H and O–H groups in total. The maximum Gasteiger partial charge on any atom is 0.0809 e. The highest BCUT2D eigenvalue weighted by molar-refractivity contribution is 14.1. The molecule has 1 atom stereocenters. The Morgan fingerprint density at radius 1 is 1.00 bits per heavy atom. The topological polar surface area (TPSA) is 15.8 Å². The molecule has 1 aromatic rings. The summed E-state index contributed by atoms with van der Waals surface area (Å²) < 4.78 is 1.34. The summed E-state index contributed by atoms with van der Waals surface area (Å²) in [5, 5.41) is 0. The van der Waals surface area contributed by atoms with E-state index >= 15 is 0 Å². The van der Waals surface area contributed by atoms with E-state index in [0.29, 0.717) is 5.41 Å². The molecule has 0 fully saturated rings. The predicted molar refractivity (Wildman–Crippen MR) is 93.8 cm³/mol. The lowest BCUT2D eigenvalue weighted by molar-refractivity contribution is 0.367. The Kier molecular flexibility index (Phi) is 8.12. The van der Waals surface area contributed by atoms with Crippen molar-refractivity contribution < 1.29 is 0 Å². The van der Waals surface area contributed by atoms with Crippen molar-refractivity contribution in [2.75, 3.05) is 0 Å². The summed E-state index contributed by atoms with van der Waals surface area (Å²) in [6.07, 6.45) is 14.3. The zero-order chi connectivity index (χ0) is 14.1. The van der Waals surface area contributed by atoms with Crippen LogP contribution in [0.2, 0.25) is 0 Å². The molecule has 1 aromatic heterocycles. The Morgan fingerprint density at radius 3 is 2.21 bits per heavy atom. The molecule has 0 spiro atoms. The Hall–Kier alpha value is 0.01000. The molecule has 1 unspecified atom stereocenters. The average Bonchev–Trinajstić information content (AvgIpc) is 2.83. The Balaban J connectivity index is 2.58. The Morgan fingerprint density at radius 2 is 1.63 bits per heavy atom. The molecule has 0 radical (unpaired) electrons. The monoisotopic (exact) mass is 375 g/mol. The molecule has 110 valence electrons. The van der Waals surface area contributed by atoms with Gasteiger partial charge in [-0.15, -0.1) is 0 Å². The van der Waals surface area contributed by atoms with E-state index in [2.05, 4.69) is 60.6 Å². The molecule has 0 amide bonds. The van der Waals surface area contributed by atoms with E-state index in [9.17, 15) is 0 Å². The fourth-order valence-corrected chi connectivity index (χ4v) is 3.91. The number of hydrogen-bond donors (Lipinski definition) is 1. The fourth-order valence-electron chi connectivity index (χ4n) is 2.90. The SMILES string of the molecule is CCCCCCCC(C)(CCCC)c1cc[nH]c1I. The first-order valence-corrected chi connectivity index (χ1v) is 9.05. The van der Waals surface area contributed by atoms with Crippen molar-refractivity contribution in [2.45, 2.75) is 84.0 Å². The zero-order valence-corrected chi connectivity index (χ0v) is 15.1. The molecule has 1 nitrogen and oxygen atoms in total. The summed E-state index contributed by atoms with van der Waals surface area (Å²) in [5.74, 6) is 0. The third kappa shape index (κ3) is 5.49. The van der Waals surface area contributed by atoms with Crippen LogP contribution in [0, 0.1) is 3.70 Å². The normalized spacial score (nSPS) is 14.5. The number of H-pyrrole nitrogens is 1. The van der Waals surface area contributed by atoms with Gasteiger partial charge in [0.2, 0.25) is 0 Å². The third-order valence-corrected chi connectivity index (χ3v) is 5.15. The summed E-state index contributed by atoms with van der Waals surface area (Å²) in [6.45, 7) is 7.05. The number of aromatic amines is 1. The molecule has 0 aromatic carbocycles. The molecule has 1 rings (SSSR count). The number of hydrogen-bond acceptors (Lipinski definition) is 0. The van der Waals surface area contributed by atoms with Gasteiger partial charge in [0.25, 0.3) is 0 Å². The number of aromatic nitrogens is 1. The smallest absolute Gasteiger partial charge is 0.0809 e. The highest BCUT2D eigenvalue weighted by Gasteiger charge is 2.28. The Labute approximate surface area is 133 Å². The molecule has 2 heteroatoms. The van der Waals surface area contributed by atoms with Crippen LogP contribution in [0.1, 0.15) is 84.1 Å². The van der Waals surface area contributed by atoms with Gasteiger partial charge in [0.1, 0.15) is 0 Å². The summed E-state index contributed by atoms with van der Waals surface area (Å²) >= 11 is 2.45. The highest BCUT2D eigenvalue weighted by Crippen LogP contribution is 2.37. The van der Waals surface area contributed by atoms with E-state index in [-0.39, 0.29) is 0 Å². The van der Waals surface area contributed by atoms with Crippen LogP contribution in [0.25, 0.3) is 0 Å². The minimum absolute atomic E-state index is 0.374. The first-order valence-electron chi connectivity index (χ1n) is 7.97. The maximum absolute atomic E-state index is 3.35. The van der Waals surface area contributed by atoms with Gasteiger partial charge < -0.3 is 4.98 Å². The number of nitrogens with one attached hydrogen (secondary N) is 1. The van der Waals surface area contributed by atoms with Crippen LogP contribution in [-0.2, 0) is 5.41 Å². The van der Waals surface area contributed by atoms with E-state index in [0.717, 1.165) is 0 Å². The zero-order valence-electron chi connectivity index (χ0n) is 12.9. The van der Waals surface area contributed by atoms with Crippen LogP contribution < -0.4 is 0 Å². The number of unbranched alkanes of at least 4 members (excludes halogenated alkanes) is 5. The van der Waals surface area contributed by atoms with E-state index in [1.54, 1.807) is 0 Å². The summed E-state index contributed by atoms with van der Waals surface area (Å²) in [7, 11) is 0. The van der Waals surface area contributed by atoms with Gasteiger partial charge in [-0.3, -0.25) is 0 Å². The molecule has 0 saturated carbocycles. The molecular formula is C17H30IN. The second-order valence-corrected chi connectivity index (χ2v) is 7.11. The van der Waals surface area contributed by atoms with E-state index in [1.165, 1.54) is 67.1 Å². The predicted octanol–water partition coefficient (Wildman–Crippen LogP) is 6.43. The van der Waals surface area contributed by atoms with Crippen molar-refractivity contribution >= 4 is 22.6 Å². The second-order valence-electron chi connectivity index (χ2n) is 6.03. The fraction of sp³-hybridized carbons (Fsp3) is 0.765. The van der Waals surface area contributed by atoms with Gasteiger partial charge in [0.05, 0.1) is 3.70 Å². The van der Waals surface area contributed by atoms with Crippen molar-refractivity contribution in [1.82, 2.24) is 4.98 Å². The molecule has 0 bridgehead atoms. The lowest BCUT2D eigenvalue weighted by atomic mass is 9.75. The van der Waals surface area contributed by atoms with Crippen LogP contribution in [0.4, 0.5) is 0 Å². The van der Waals surface area contributed by atoms with Crippen molar-refractivity contribution in [3.8, 4) is 0 Å². The third-order valence-electron chi connectivity index (χ3n) is 4.26. The second kappa shape index (κ2) is 9.04. The van der Waals surface area contributed by atoms with E-state index < -0.39 is 0 Å². The highest BCUT2D eigenvalue weighted by atomic mass is 127. The number of rotatable bonds is 10. The van der Waals surface area contributed by atoms with Crippen molar-refractivity contribution in [1.29, 1.82) is 0 Å². The summed E-state index contributed by atoms with van der Waals surface area (Å²) in [6, 6.07) is 2.30. The van der Waals surface area contributed by atoms with Gasteiger partial charge in [-0.25, -0.2) is 0 Å². The molecule has 0 aliphatic carbocycles. The van der Waals surface area contributed by atoms with Crippen LogP contribution >= 0.6 is 22.6 Å². The van der Waals surface area contributed by atoms with Crippen LogP contribution in [0.5, 0.6) is 0 Å². The summed E-state index contributed by atoms with van der Waals surface area (Å²) in [5.41, 5.74) is 1.91. The number of halogens is 1. The van der Waals surface area contributed by atoms with Crippen molar-refractivity contribution in [3.63, 3.8) is 0 Å². The van der Waals surface area contributed by atoms with Gasteiger partial charge in [0, 0.05) is 6.20 Å². The minimum Gasteiger partial charge on any atom is -0.357 e. The van der Waals surface area contributed by atoms with Crippen LogP contribution in [0.3, 0.4) is 0 Å². The first-order chi connectivity index (χ1) is 9.14. The lowest BCUT2D eigenvalue weighted by Gasteiger charge is -2.30. The largest absolute Gasteiger partial charge is 0.357 e. The summed E-state index contributed by atoms with van der Waals surface area (Å²) in [4.78, 5) is 3.35. The molecule has 19 heavy (non-hydrogen) atoms. The van der Waals surface area contributed by atoms with Gasteiger partial charge in [-0.1, -0.05) is 65.7 Å². The molecule has 0 saturated heterocycles. The lowest BCUT2D eigenvalue weighted by Crippen LogP contribution is -2.22. The van der Waals surface area contributed by atoms with Gasteiger partial charge >= 0.3 is 0 Å². The average molecular weight is 375 g/mol. The van der Waals surface area contributed by atoms with Gasteiger partial charge in [-0.2, -0.15) is 0 Å². The van der Waals surface area contributed by atoms with E-state index in [1.807, 2.05) is 0 Å². The Bertz CT molecular complexity index is 345. The molecule has 1 heterocycles. The van der Waals surface area contributed by atoms with Crippen molar-refractivity contribution in [3.05, 3.63) is 21.5 Å². The van der Waals surface area contributed by atoms with Crippen LogP contribution in [-0.4, -0.2) is 4.98 Å². The quantitative estimate of drug-likeness (QED) is 0.358. The van der Waals surface area contributed by atoms with E-state index in [4.69, 9.17) is 0 Å². The molecule has 0 aliphatic rings. The maximum atomic E-state index is 3.35. The molecule has 0 aliphatic heterocycles. The first kappa shape index (κ1) is 17.1. The van der Waals surface area contributed by atoms with Gasteiger partial charge in [0.15, 0.2) is 0 Å². The van der Waals surface area contributed by atoms with Gasteiger partial charge in [-0.05, 0) is 52.5 Å².